The van der Waals surface area contributed by atoms with Crippen LogP contribution in [0.25, 0.3) is 11.0 Å². The molecule has 0 atom stereocenters. The van der Waals surface area contributed by atoms with Crippen molar-refractivity contribution in [2.24, 2.45) is 0 Å². The van der Waals surface area contributed by atoms with Gasteiger partial charge in [-0.2, -0.15) is 0 Å². The predicted molar refractivity (Wildman–Crippen MR) is 121 cm³/mol. The van der Waals surface area contributed by atoms with Gasteiger partial charge in [-0.05, 0) is 54.6 Å². The Morgan fingerprint density at radius 2 is 1.63 bits per heavy atom. The second-order valence-electron chi connectivity index (χ2n) is 7.20. The van der Waals surface area contributed by atoms with E-state index in [-0.39, 0.29) is 5.76 Å². The number of fused-ring (bicyclic) bond motifs is 1. The molecule has 0 unspecified atom stereocenters. The number of aryl methyl sites for hydroxylation is 1. The van der Waals surface area contributed by atoms with E-state index in [0.717, 1.165) is 29.8 Å². The fourth-order valence-electron chi connectivity index (χ4n) is 3.45. The van der Waals surface area contributed by atoms with E-state index in [4.69, 9.17) is 4.42 Å². The highest BCUT2D eigenvalue weighted by atomic mass is 32.2. The average Bonchev–Trinajstić information content (AvgIpc) is 3.10. The molecule has 4 aromatic rings. The summed E-state index contributed by atoms with van der Waals surface area (Å²) in [5, 5.41) is 10.2. The number of hydrogen-bond donors (Lipinski definition) is 1. The van der Waals surface area contributed by atoms with Crippen LogP contribution in [-0.4, -0.2) is 21.9 Å². The molecule has 0 fully saturated rings. The van der Waals surface area contributed by atoms with Gasteiger partial charge in [-0.1, -0.05) is 60.7 Å². The van der Waals surface area contributed by atoms with E-state index in [2.05, 4.69) is 52.8 Å². The van der Waals surface area contributed by atoms with Crippen LogP contribution in [0.4, 0.5) is 0 Å². The van der Waals surface area contributed by atoms with Crippen molar-refractivity contribution >= 4 is 28.9 Å². The molecule has 0 aliphatic carbocycles. The zero-order chi connectivity index (χ0) is 20.9. The number of benzene rings is 3. The van der Waals surface area contributed by atoms with Crippen LogP contribution in [0.2, 0.25) is 0 Å². The van der Waals surface area contributed by atoms with Gasteiger partial charge in [0.1, 0.15) is 5.58 Å². The van der Waals surface area contributed by atoms with Gasteiger partial charge < -0.3 is 9.52 Å². The summed E-state index contributed by atoms with van der Waals surface area (Å²) in [4.78, 5) is 12.4. The molecule has 0 aliphatic rings. The summed E-state index contributed by atoms with van der Waals surface area (Å²) in [6.07, 6.45) is 0.955. The molecular formula is C25H23NO3S. The maximum Gasteiger partial charge on any atom is 0.372 e. The molecule has 4 nitrogen and oxygen atoms in total. The van der Waals surface area contributed by atoms with Gasteiger partial charge in [0.05, 0.1) is 0 Å². The first-order chi connectivity index (χ1) is 14.6. The van der Waals surface area contributed by atoms with Gasteiger partial charge in [0.15, 0.2) is 0 Å². The maximum atomic E-state index is 11.4. The lowest BCUT2D eigenvalue weighted by molar-refractivity contribution is 0.0664. The number of aromatic carboxylic acids is 1. The molecule has 1 aromatic heterocycles. The zero-order valence-corrected chi connectivity index (χ0v) is 17.6. The molecule has 4 rings (SSSR count). The van der Waals surface area contributed by atoms with Gasteiger partial charge >= 0.3 is 5.97 Å². The first kappa shape index (κ1) is 20.3. The fraction of sp³-hybridized carbons (Fsp3) is 0.160. The van der Waals surface area contributed by atoms with Crippen molar-refractivity contribution in [1.82, 2.24) is 4.31 Å². The number of rotatable bonds is 8. The number of carboxylic acids is 1. The molecule has 0 saturated carbocycles. The first-order valence-electron chi connectivity index (χ1n) is 9.87. The van der Waals surface area contributed by atoms with Gasteiger partial charge in [0.25, 0.3) is 0 Å². The Morgan fingerprint density at radius 1 is 0.967 bits per heavy atom. The fourth-order valence-corrected chi connectivity index (χ4v) is 4.45. The van der Waals surface area contributed by atoms with Crippen molar-refractivity contribution in [3.63, 3.8) is 0 Å². The van der Waals surface area contributed by atoms with Gasteiger partial charge in [0.2, 0.25) is 5.76 Å². The molecule has 0 spiro atoms. The lowest BCUT2D eigenvalue weighted by Gasteiger charge is -2.21. The summed E-state index contributed by atoms with van der Waals surface area (Å²) in [6, 6.07) is 26.8. The standard InChI is InChI=1S/C25H23NO3S/c1-18-22-16-21(12-13-23(22)29-24(18)25(27)28)30-26(17-20-10-6-3-7-11-20)15-14-19-8-4-2-5-9-19/h2-13,16H,14-15,17H2,1H3,(H,27,28). The maximum absolute atomic E-state index is 11.4. The van der Waals surface area contributed by atoms with Gasteiger partial charge in [0, 0.05) is 28.9 Å². The Morgan fingerprint density at radius 3 is 2.30 bits per heavy atom. The Kier molecular flexibility index (Phi) is 6.21. The number of carbonyl (C=O) groups is 1. The molecule has 3 aromatic carbocycles. The summed E-state index contributed by atoms with van der Waals surface area (Å²) < 4.78 is 7.84. The van der Waals surface area contributed by atoms with Crippen LogP contribution in [0, 0.1) is 6.92 Å². The molecule has 0 bridgehead atoms. The zero-order valence-electron chi connectivity index (χ0n) is 16.7. The van der Waals surface area contributed by atoms with Crippen LogP contribution in [0.1, 0.15) is 27.2 Å². The molecule has 1 heterocycles. The Labute approximate surface area is 180 Å². The van der Waals surface area contributed by atoms with Crippen molar-refractivity contribution < 1.29 is 14.3 Å². The molecule has 0 amide bonds. The van der Waals surface area contributed by atoms with Crippen molar-refractivity contribution in [2.75, 3.05) is 6.54 Å². The van der Waals surface area contributed by atoms with Crippen LogP contribution in [0.5, 0.6) is 0 Å². The van der Waals surface area contributed by atoms with E-state index in [9.17, 15) is 9.90 Å². The van der Waals surface area contributed by atoms with E-state index in [1.807, 2.05) is 30.3 Å². The van der Waals surface area contributed by atoms with Crippen LogP contribution in [0.15, 0.2) is 88.2 Å². The van der Waals surface area contributed by atoms with E-state index in [0.29, 0.717) is 11.1 Å². The largest absolute Gasteiger partial charge is 0.475 e. The number of furan rings is 1. The minimum atomic E-state index is -1.04. The quantitative estimate of drug-likeness (QED) is 0.346. The highest BCUT2D eigenvalue weighted by Crippen LogP contribution is 2.32. The van der Waals surface area contributed by atoms with Crippen LogP contribution >= 0.6 is 11.9 Å². The van der Waals surface area contributed by atoms with E-state index in [1.54, 1.807) is 18.9 Å². The third-order valence-corrected chi connectivity index (χ3v) is 6.07. The van der Waals surface area contributed by atoms with E-state index < -0.39 is 5.97 Å². The molecule has 0 saturated heterocycles. The highest BCUT2D eigenvalue weighted by Gasteiger charge is 2.17. The first-order valence-corrected chi connectivity index (χ1v) is 10.6. The summed E-state index contributed by atoms with van der Waals surface area (Å²) in [7, 11) is 0. The lowest BCUT2D eigenvalue weighted by Crippen LogP contribution is -2.18. The molecule has 0 radical (unpaired) electrons. The molecule has 1 N–H and O–H groups in total. The minimum absolute atomic E-state index is 0.0115. The summed E-state index contributed by atoms with van der Waals surface area (Å²) >= 11 is 1.69. The topological polar surface area (TPSA) is 53.7 Å². The number of carboxylic acid groups (broad SMARTS) is 1. The summed E-state index contributed by atoms with van der Waals surface area (Å²) in [6.45, 7) is 3.51. The third-order valence-electron chi connectivity index (χ3n) is 5.03. The Bertz CT molecular complexity index is 1140. The van der Waals surface area contributed by atoms with Crippen molar-refractivity contribution in [3.05, 3.63) is 101 Å². The van der Waals surface area contributed by atoms with Gasteiger partial charge in [-0.25, -0.2) is 9.10 Å². The highest BCUT2D eigenvalue weighted by molar-refractivity contribution is 7.97. The Balaban J connectivity index is 1.56. The second-order valence-corrected chi connectivity index (χ2v) is 8.37. The normalized spacial score (nSPS) is 11.3. The van der Waals surface area contributed by atoms with Crippen molar-refractivity contribution in [3.8, 4) is 0 Å². The Hall–Kier alpha value is -3.02. The predicted octanol–water partition coefficient (Wildman–Crippen LogP) is 6.19. The van der Waals surface area contributed by atoms with Crippen LogP contribution in [-0.2, 0) is 13.0 Å². The molecule has 30 heavy (non-hydrogen) atoms. The van der Waals surface area contributed by atoms with Crippen LogP contribution in [0.3, 0.4) is 0 Å². The third kappa shape index (κ3) is 4.75. The van der Waals surface area contributed by atoms with Crippen molar-refractivity contribution in [1.29, 1.82) is 0 Å². The van der Waals surface area contributed by atoms with Gasteiger partial charge in [-0.3, -0.25) is 0 Å². The molecule has 152 valence electrons. The second kappa shape index (κ2) is 9.20. The monoisotopic (exact) mass is 417 g/mol. The molecule has 5 heteroatoms. The van der Waals surface area contributed by atoms with Gasteiger partial charge in [-0.15, -0.1) is 0 Å². The molecule has 0 aliphatic heterocycles. The molecular weight excluding hydrogens is 394 g/mol. The number of hydrogen-bond acceptors (Lipinski definition) is 4. The lowest BCUT2D eigenvalue weighted by atomic mass is 10.1. The van der Waals surface area contributed by atoms with Crippen LogP contribution < -0.4 is 0 Å². The summed E-state index contributed by atoms with van der Waals surface area (Å²) in [5.41, 5.74) is 3.84. The minimum Gasteiger partial charge on any atom is -0.475 e. The number of nitrogens with zero attached hydrogens (tertiary/aromatic N) is 1. The summed E-state index contributed by atoms with van der Waals surface area (Å²) in [5.74, 6) is -1.02. The van der Waals surface area contributed by atoms with E-state index in [1.165, 1.54) is 11.1 Å². The average molecular weight is 418 g/mol. The SMILES string of the molecule is Cc1c(C(=O)O)oc2ccc(SN(CCc3ccccc3)Cc3ccccc3)cc12. The van der Waals surface area contributed by atoms with E-state index >= 15 is 0 Å². The smallest absolute Gasteiger partial charge is 0.372 e. The van der Waals surface area contributed by atoms with Crippen molar-refractivity contribution in [2.45, 2.75) is 24.8 Å².